The van der Waals surface area contributed by atoms with Crippen LogP contribution in [0.2, 0.25) is 0 Å². The maximum Gasteiger partial charge on any atom is 0.304 e. The number of rotatable bonds is 8. The first kappa shape index (κ1) is 22.3. The van der Waals surface area contributed by atoms with Crippen molar-refractivity contribution in [2.45, 2.75) is 44.9 Å². The van der Waals surface area contributed by atoms with Gasteiger partial charge in [-0.25, -0.2) is 4.98 Å². The number of carboxylic acids is 1. The first-order chi connectivity index (χ1) is 16.5. The van der Waals surface area contributed by atoms with Crippen molar-refractivity contribution in [3.05, 3.63) is 77.0 Å². The summed E-state index contributed by atoms with van der Waals surface area (Å²) in [5.41, 5.74) is 5.64. The molecule has 34 heavy (non-hydrogen) atoms. The lowest BCUT2D eigenvalue weighted by atomic mass is 9.91. The van der Waals surface area contributed by atoms with Crippen molar-refractivity contribution < 1.29 is 19.4 Å². The number of aliphatic carboxylic acids is 1. The van der Waals surface area contributed by atoms with Gasteiger partial charge in [-0.05, 0) is 55.2 Å². The largest absolute Gasteiger partial charge is 0.493 e. The van der Waals surface area contributed by atoms with Crippen LogP contribution < -0.4 is 14.4 Å². The number of carbonyl (C=O) groups is 1. The Hall–Kier alpha value is -3.54. The highest BCUT2D eigenvalue weighted by atomic mass is 16.5. The summed E-state index contributed by atoms with van der Waals surface area (Å²) in [6, 6.07) is 16.7. The third-order valence-corrected chi connectivity index (χ3v) is 6.67. The Bertz CT molecular complexity index is 1210. The van der Waals surface area contributed by atoms with E-state index < -0.39 is 5.97 Å². The zero-order valence-electron chi connectivity index (χ0n) is 19.7. The molecule has 2 aliphatic rings. The van der Waals surface area contributed by atoms with Gasteiger partial charge >= 0.3 is 5.97 Å². The van der Waals surface area contributed by atoms with Crippen molar-refractivity contribution in [1.29, 1.82) is 0 Å². The van der Waals surface area contributed by atoms with E-state index in [0.29, 0.717) is 13.2 Å². The molecule has 176 valence electrons. The quantitative estimate of drug-likeness (QED) is 0.473. The van der Waals surface area contributed by atoms with Crippen molar-refractivity contribution in [3.63, 3.8) is 0 Å². The number of nitrogens with zero attached hydrogens (tertiary/aromatic N) is 2. The molecule has 2 aliphatic heterocycles. The fourth-order valence-electron chi connectivity index (χ4n) is 5.04. The molecule has 0 fully saturated rings. The minimum absolute atomic E-state index is 0.0700. The summed E-state index contributed by atoms with van der Waals surface area (Å²) >= 11 is 0. The number of aromatic nitrogens is 1. The molecule has 0 spiro atoms. The van der Waals surface area contributed by atoms with Crippen LogP contribution in [-0.2, 0) is 11.2 Å². The zero-order valence-corrected chi connectivity index (χ0v) is 19.7. The molecule has 2 aromatic carbocycles. The second-order valence-electron chi connectivity index (χ2n) is 9.23. The van der Waals surface area contributed by atoms with E-state index in [1.54, 1.807) is 0 Å². The molecule has 1 N–H and O–H groups in total. The van der Waals surface area contributed by atoms with Crippen LogP contribution in [0.1, 0.15) is 53.9 Å². The van der Waals surface area contributed by atoms with Crippen molar-refractivity contribution in [1.82, 2.24) is 4.98 Å². The van der Waals surface area contributed by atoms with Gasteiger partial charge in [-0.2, -0.15) is 0 Å². The molecule has 0 amide bonds. The molecule has 3 aromatic rings. The molecular formula is C28H30N2O4. The van der Waals surface area contributed by atoms with Crippen molar-refractivity contribution in [3.8, 4) is 11.5 Å². The van der Waals surface area contributed by atoms with Crippen molar-refractivity contribution >= 4 is 17.5 Å². The third-order valence-electron chi connectivity index (χ3n) is 6.67. The number of anilines is 2. The molecule has 0 bridgehead atoms. The summed E-state index contributed by atoms with van der Waals surface area (Å²) in [5, 5.41) is 9.14. The van der Waals surface area contributed by atoms with E-state index in [4.69, 9.17) is 14.6 Å². The number of para-hydroxylation sites is 1. The van der Waals surface area contributed by atoms with E-state index in [9.17, 15) is 4.79 Å². The van der Waals surface area contributed by atoms with Crippen LogP contribution in [0.4, 0.5) is 11.5 Å². The van der Waals surface area contributed by atoms with E-state index in [-0.39, 0.29) is 18.3 Å². The molecule has 6 heteroatoms. The summed E-state index contributed by atoms with van der Waals surface area (Å²) < 4.78 is 12.1. The Morgan fingerprint density at radius 3 is 2.74 bits per heavy atom. The van der Waals surface area contributed by atoms with Crippen LogP contribution in [0.25, 0.3) is 0 Å². The molecule has 0 aliphatic carbocycles. The van der Waals surface area contributed by atoms with Gasteiger partial charge in [0.2, 0.25) is 0 Å². The Labute approximate surface area is 200 Å². The number of benzene rings is 2. The van der Waals surface area contributed by atoms with Gasteiger partial charge in [-0.3, -0.25) is 4.79 Å². The van der Waals surface area contributed by atoms with Crippen LogP contribution in [0, 0.1) is 6.92 Å². The zero-order chi connectivity index (χ0) is 23.7. The number of carboxylic acid groups (broad SMARTS) is 1. The van der Waals surface area contributed by atoms with Gasteiger partial charge in [-0.15, -0.1) is 0 Å². The fourth-order valence-corrected chi connectivity index (χ4v) is 5.04. The maximum atomic E-state index is 11.1. The number of fused-ring (bicyclic) bond motifs is 2. The molecule has 6 nitrogen and oxygen atoms in total. The van der Waals surface area contributed by atoms with E-state index in [1.807, 2.05) is 18.3 Å². The second-order valence-corrected chi connectivity index (χ2v) is 9.23. The number of hydrogen-bond acceptors (Lipinski definition) is 5. The molecule has 0 saturated heterocycles. The molecule has 0 unspecified atom stereocenters. The second kappa shape index (κ2) is 9.37. The Kier molecular flexibility index (Phi) is 6.14. The SMILES string of the molecule is CCCN(c1cc(C)ccn1)c1cccc2c1OC[C@H]2Cc1ccc2c(c1)OC[C@H]2CC(=O)O. The molecule has 5 rings (SSSR count). The summed E-state index contributed by atoms with van der Waals surface area (Å²) in [7, 11) is 0. The Morgan fingerprint density at radius 2 is 1.94 bits per heavy atom. The lowest BCUT2D eigenvalue weighted by molar-refractivity contribution is -0.137. The fraction of sp³-hybridized carbons (Fsp3) is 0.357. The standard InChI is InChI=1S/C28H30N2O4/c1-3-11-30(26-12-18(2)9-10-29-26)24-6-4-5-23-20(17-34-28(23)24)13-19-7-8-22-21(15-27(31)32)16-33-25(22)14-19/h4-10,12,14,20-21H,3,11,13,15-17H2,1-2H3,(H,31,32)/t20-,21-/m1/s1. The predicted molar refractivity (Wildman–Crippen MR) is 132 cm³/mol. The third kappa shape index (κ3) is 4.32. The number of ether oxygens (including phenoxy) is 2. The van der Waals surface area contributed by atoms with Crippen LogP contribution in [-0.4, -0.2) is 35.8 Å². The van der Waals surface area contributed by atoms with Crippen LogP contribution in [0.5, 0.6) is 11.5 Å². The van der Waals surface area contributed by atoms with E-state index in [2.05, 4.69) is 60.1 Å². The highest BCUT2D eigenvalue weighted by Crippen LogP contribution is 2.45. The van der Waals surface area contributed by atoms with Gasteiger partial charge in [0.15, 0.2) is 0 Å². The lowest BCUT2D eigenvalue weighted by Gasteiger charge is -2.25. The summed E-state index contributed by atoms with van der Waals surface area (Å²) in [6.07, 6.45) is 3.80. The molecule has 0 saturated carbocycles. The monoisotopic (exact) mass is 458 g/mol. The topological polar surface area (TPSA) is 71.9 Å². The molecule has 2 atom stereocenters. The first-order valence-corrected chi connectivity index (χ1v) is 12.0. The van der Waals surface area contributed by atoms with Crippen LogP contribution in [0.15, 0.2) is 54.7 Å². The lowest BCUT2D eigenvalue weighted by Crippen LogP contribution is -2.19. The van der Waals surface area contributed by atoms with E-state index in [0.717, 1.165) is 48.0 Å². The highest BCUT2D eigenvalue weighted by molar-refractivity contribution is 5.71. The van der Waals surface area contributed by atoms with Crippen molar-refractivity contribution in [2.24, 2.45) is 0 Å². The average Bonchev–Trinajstić information content (AvgIpc) is 3.41. The Balaban J connectivity index is 1.39. The first-order valence-electron chi connectivity index (χ1n) is 12.0. The van der Waals surface area contributed by atoms with Gasteiger partial charge in [0.05, 0.1) is 25.3 Å². The van der Waals surface area contributed by atoms with Gasteiger partial charge < -0.3 is 19.5 Å². The number of pyridine rings is 1. The summed E-state index contributed by atoms with van der Waals surface area (Å²) in [6.45, 7) is 6.19. The van der Waals surface area contributed by atoms with E-state index >= 15 is 0 Å². The minimum atomic E-state index is -0.793. The normalized spacial score (nSPS) is 18.1. The minimum Gasteiger partial charge on any atom is -0.493 e. The average molecular weight is 459 g/mol. The van der Waals surface area contributed by atoms with Gasteiger partial charge in [0, 0.05) is 35.7 Å². The highest BCUT2D eigenvalue weighted by Gasteiger charge is 2.30. The molecular weight excluding hydrogens is 428 g/mol. The maximum absolute atomic E-state index is 11.1. The van der Waals surface area contributed by atoms with Gasteiger partial charge in [-0.1, -0.05) is 31.2 Å². The summed E-state index contributed by atoms with van der Waals surface area (Å²) in [5.74, 6) is 2.09. The van der Waals surface area contributed by atoms with Crippen LogP contribution >= 0.6 is 0 Å². The molecule has 1 aromatic heterocycles. The smallest absolute Gasteiger partial charge is 0.304 e. The van der Waals surface area contributed by atoms with E-state index in [1.165, 1.54) is 16.7 Å². The molecule has 3 heterocycles. The summed E-state index contributed by atoms with van der Waals surface area (Å²) in [4.78, 5) is 18.0. The molecule has 0 radical (unpaired) electrons. The number of hydrogen-bond donors (Lipinski definition) is 1. The van der Waals surface area contributed by atoms with Crippen molar-refractivity contribution in [2.75, 3.05) is 24.7 Å². The van der Waals surface area contributed by atoms with Crippen LogP contribution in [0.3, 0.4) is 0 Å². The number of aryl methyl sites for hydroxylation is 1. The predicted octanol–water partition coefficient (Wildman–Crippen LogP) is 5.61. The Morgan fingerprint density at radius 1 is 1.09 bits per heavy atom. The van der Waals surface area contributed by atoms with Gasteiger partial charge in [0.25, 0.3) is 0 Å². The van der Waals surface area contributed by atoms with Gasteiger partial charge in [0.1, 0.15) is 17.3 Å².